The van der Waals surface area contributed by atoms with E-state index in [0.717, 1.165) is 18.8 Å². The van der Waals surface area contributed by atoms with E-state index in [1.807, 2.05) is 36.7 Å². The molecule has 1 aromatic carbocycles. The van der Waals surface area contributed by atoms with Gasteiger partial charge in [0.25, 0.3) is 0 Å². The van der Waals surface area contributed by atoms with Crippen molar-refractivity contribution in [1.29, 1.82) is 0 Å². The molecule has 1 aromatic heterocycles. The second-order valence-corrected chi connectivity index (χ2v) is 4.95. The topological polar surface area (TPSA) is 51.4 Å². The molecule has 0 aliphatic rings. The Labute approximate surface area is 126 Å². The molecule has 0 aliphatic carbocycles. The van der Waals surface area contributed by atoms with Gasteiger partial charge in [0.15, 0.2) is 0 Å². The van der Waals surface area contributed by atoms with Crippen molar-refractivity contribution in [1.82, 2.24) is 9.88 Å². The second kappa shape index (κ2) is 7.76. The SMILES string of the molecule is CCN(Cc1ccncc1)C(CN)c1cccc(OC)c1. The minimum Gasteiger partial charge on any atom is -0.497 e. The standard InChI is InChI=1S/C17H23N3O/c1-3-20(13-14-7-9-19-10-8-14)17(12-18)15-5-4-6-16(11-15)21-2/h4-11,17H,3,12-13,18H2,1-2H3. The highest BCUT2D eigenvalue weighted by atomic mass is 16.5. The molecule has 0 aliphatic heterocycles. The van der Waals surface area contributed by atoms with Crippen LogP contribution in [0.4, 0.5) is 0 Å². The van der Waals surface area contributed by atoms with Crippen LogP contribution < -0.4 is 10.5 Å². The molecule has 4 heteroatoms. The Morgan fingerprint density at radius 2 is 2.00 bits per heavy atom. The maximum Gasteiger partial charge on any atom is 0.119 e. The number of ether oxygens (including phenoxy) is 1. The summed E-state index contributed by atoms with van der Waals surface area (Å²) in [6, 6.07) is 12.4. The van der Waals surface area contributed by atoms with Gasteiger partial charge in [0.2, 0.25) is 0 Å². The fourth-order valence-electron chi connectivity index (χ4n) is 2.51. The van der Waals surface area contributed by atoms with E-state index in [9.17, 15) is 0 Å². The van der Waals surface area contributed by atoms with Gasteiger partial charge in [0.1, 0.15) is 5.75 Å². The van der Waals surface area contributed by atoms with Gasteiger partial charge in [-0.1, -0.05) is 19.1 Å². The molecular formula is C17H23N3O. The van der Waals surface area contributed by atoms with Crippen LogP contribution in [0.15, 0.2) is 48.8 Å². The van der Waals surface area contributed by atoms with Gasteiger partial charge in [-0.05, 0) is 41.9 Å². The van der Waals surface area contributed by atoms with E-state index >= 15 is 0 Å². The zero-order valence-electron chi connectivity index (χ0n) is 12.7. The summed E-state index contributed by atoms with van der Waals surface area (Å²) in [6.45, 7) is 4.52. The van der Waals surface area contributed by atoms with Crippen molar-refractivity contribution in [3.05, 3.63) is 59.9 Å². The Hall–Kier alpha value is -1.91. The lowest BCUT2D eigenvalue weighted by Crippen LogP contribution is -2.33. The molecule has 0 saturated heterocycles. The van der Waals surface area contributed by atoms with Gasteiger partial charge >= 0.3 is 0 Å². The predicted octanol–water partition coefficient (Wildman–Crippen LogP) is 2.61. The maximum atomic E-state index is 6.03. The van der Waals surface area contributed by atoms with Crippen molar-refractivity contribution in [3.63, 3.8) is 0 Å². The third-order valence-electron chi connectivity index (χ3n) is 3.68. The summed E-state index contributed by atoms with van der Waals surface area (Å²) in [6.07, 6.45) is 3.65. The minimum atomic E-state index is 0.179. The summed E-state index contributed by atoms with van der Waals surface area (Å²) in [4.78, 5) is 6.43. The molecule has 1 unspecified atom stereocenters. The first-order valence-corrected chi connectivity index (χ1v) is 7.25. The normalized spacial score (nSPS) is 12.4. The molecule has 1 heterocycles. The average Bonchev–Trinajstić information content (AvgIpc) is 2.55. The number of likely N-dealkylation sites (N-methyl/N-ethyl adjacent to an activating group) is 1. The summed E-state index contributed by atoms with van der Waals surface area (Å²) in [7, 11) is 1.69. The van der Waals surface area contributed by atoms with Crippen molar-refractivity contribution in [3.8, 4) is 5.75 Å². The van der Waals surface area contributed by atoms with Gasteiger partial charge in [-0.3, -0.25) is 9.88 Å². The fraction of sp³-hybridized carbons (Fsp3) is 0.353. The van der Waals surface area contributed by atoms with Gasteiger partial charge in [0, 0.05) is 31.5 Å². The first kappa shape index (κ1) is 15.5. The summed E-state index contributed by atoms with van der Waals surface area (Å²) in [5.74, 6) is 0.867. The van der Waals surface area contributed by atoms with Crippen LogP contribution in [0, 0.1) is 0 Å². The van der Waals surface area contributed by atoms with E-state index in [4.69, 9.17) is 10.5 Å². The van der Waals surface area contributed by atoms with E-state index in [2.05, 4.69) is 28.9 Å². The quantitative estimate of drug-likeness (QED) is 0.849. The average molecular weight is 285 g/mol. The third-order valence-corrected chi connectivity index (χ3v) is 3.68. The van der Waals surface area contributed by atoms with E-state index in [1.54, 1.807) is 7.11 Å². The predicted molar refractivity (Wildman–Crippen MR) is 85.1 cm³/mol. The summed E-state index contributed by atoms with van der Waals surface area (Å²) in [5.41, 5.74) is 8.46. The molecule has 0 spiro atoms. The third kappa shape index (κ3) is 4.03. The van der Waals surface area contributed by atoms with Gasteiger partial charge in [-0.2, -0.15) is 0 Å². The van der Waals surface area contributed by atoms with E-state index in [0.29, 0.717) is 6.54 Å². The number of nitrogens with zero attached hydrogens (tertiary/aromatic N) is 2. The minimum absolute atomic E-state index is 0.179. The van der Waals surface area contributed by atoms with Crippen LogP contribution in [0.3, 0.4) is 0 Å². The Kier molecular flexibility index (Phi) is 5.72. The summed E-state index contributed by atoms with van der Waals surface area (Å²) in [5, 5.41) is 0. The number of hydrogen-bond donors (Lipinski definition) is 1. The molecule has 2 N–H and O–H groups in total. The molecule has 2 rings (SSSR count). The van der Waals surface area contributed by atoms with Crippen LogP contribution in [-0.2, 0) is 6.54 Å². The fourth-order valence-corrected chi connectivity index (χ4v) is 2.51. The van der Waals surface area contributed by atoms with Crippen molar-refractivity contribution in [2.24, 2.45) is 5.73 Å². The van der Waals surface area contributed by atoms with Crippen molar-refractivity contribution in [2.45, 2.75) is 19.5 Å². The van der Waals surface area contributed by atoms with E-state index in [-0.39, 0.29) is 6.04 Å². The molecule has 0 bridgehead atoms. The zero-order chi connectivity index (χ0) is 15.1. The number of hydrogen-bond acceptors (Lipinski definition) is 4. The van der Waals surface area contributed by atoms with Crippen LogP contribution in [0.5, 0.6) is 5.75 Å². The highest BCUT2D eigenvalue weighted by Crippen LogP contribution is 2.24. The molecule has 112 valence electrons. The van der Waals surface area contributed by atoms with Crippen LogP contribution in [0.2, 0.25) is 0 Å². The lowest BCUT2D eigenvalue weighted by Gasteiger charge is -2.30. The highest BCUT2D eigenvalue weighted by molar-refractivity contribution is 5.31. The molecule has 0 saturated carbocycles. The summed E-state index contributed by atoms with van der Waals surface area (Å²) >= 11 is 0. The van der Waals surface area contributed by atoms with Gasteiger partial charge in [0.05, 0.1) is 7.11 Å². The molecule has 1 atom stereocenters. The summed E-state index contributed by atoms with van der Waals surface area (Å²) < 4.78 is 5.31. The molecule has 4 nitrogen and oxygen atoms in total. The number of rotatable bonds is 7. The van der Waals surface area contributed by atoms with Crippen molar-refractivity contribution in [2.75, 3.05) is 20.2 Å². The first-order chi connectivity index (χ1) is 10.3. The highest BCUT2D eigenvalue weighted by Gasteiger charge is 2.18. The monoisotopic (exact) mass is 285 g/mol. The Morgan fingerprint density at radius 3 is 2.62 bits per heavy atom. The number of aromatic nitrogens is 1. The van der Waals surface area contributed by atoms with Crippen LogP contribution in [-0.4, -0.2) is 30.1 Å². The van der Waals surface area contributed by atoms with Gasteiger partial charge in [-0.15, -0.1) is 0 Å². The molecular weight excluding hydrogens is 262 g/mol. The Bertz CT molecular complexity index is 545. The van der Waals surface area contributed by atoms with Crippen molar-refractivity contribution < 1.29 is 4.74 Å². The molecule has 0 amide bonds. The molecule has 21 heavy (non-hydrogen) atoms. The Balaban J connectivity index is 2.20. The lowest BCUT2D eigenvalue weighted by molar-refractivity contribution is 0.203. The van der Waals surface area contributed by atoms with Crippen LogP contribution in [0.25, 0.3) is 0 Å². The number of nitrogens with two attached hydrogens (primary N) is 1. The maximum absolute atomic E-state index is 6.03. The van der Waals surface area contributed by atoms with Gasteiger partial charge in [-0.25, -0.2) is 0 Å². The molecule has 0 radical (unpaired) electrons. The van der Waals surface area contributed by atoms with Crippen molar-refractivity contribution >= 4 is 0 Å². The zero-order valence-corrected chi connectivity index (χ0v) is 12.7. The van der Waals surface area contributed by atoms with Crippen LogP contribution >= 0.6 is 0 Å². The van der Waals surface area contributed by atoms with Crippen LogP contribution in [0.1, 0.15) is 24.1 Å². The van der Waals surface area contributed by atoms with Gasteiger partial charge < -0.3 is 10.5 Å². The molecule has 2 aromatic rings. The number of benzene rings is 1. The van der Waals surface area contributed by atoms with E-state index < -0.39 is 0 Å². The Morgan fingerprint density at radius 1 is 1.24 bits per heavy atom. The largest absolute Gasteiger partial charge is 0.497 e. The number of methoxy groups -OCH3 is 1. The number of pyridine rings is 1. The first-order valence-electron chi connectivity index (χ1n) is 7.25. The second-order valence-electron chi connectivity index (χ2n) is 4.95. The lowest BCUT2D eigenvalue weighted by atomic mass is 10.0. The molecule has 0 fully saturated rings. The smallest absolute Gasteiger partial charge is 0.119 e. The van der Waals surface area contributed by atoms with E-state index in [1.165, 1.54) is 11.1 Å².